The van der Waals surface area contributed by atoms with Crippen molar-refractivity contribution in [1.29, 1.82) is 0 Å². The molecule has 0 amide bonds. The maximum absolute atomic E-state index is 13.2. The highest BCUT2D eigenvalue weighted by atomic mass is 19.1. The molecule has 8 heteroatoms. The van der Waals surface area contributed by atoms with Crippen molar-refractivity contribution in [2.45, 2.75) is 45.3 Å². The van der Waals surface area contributed by atoms with Crippen LogP contribution in [0.5, 0.6) is 11.5 Å². The minimum atomic E-state index is -1.12. The van der Waals surface area contributed by atoms with E-state index in [0.717, 1.165) is 0 Å². The average molecular weight is 433 g/mol. The van der Waals surface area contributed by atoms with E-state index in [1.807, 2.05) is 20.8 Å². The third kappa shape index (κ3) is 8.16. The zero-order valence-corrected chi connectivity index (χ0v) is 18.1. The molecule has 0 aromatic heterocycles. The van der Waals surface area contributed by atoms with Gasteiger partial charge in [0.25, 0.3) is 0 Å². The van der Waals surface area contributed by atoms with Crippen LogP contribution < -0.4 is 14.8 Å². The molecule has 1 unspecified atom stereocenters. The number of hydrogen-bond donors (Lipinski definition) is 2. The molecule has 0 bridgehead atoms. The standard InChI is InChI=1S/C23H28FNO6/c1-23(2,3)31-20(26)6-5-11-30-19-13-17(12-18(14-19)29-4)25-21(22(27)28)15-7-9-16(24)10-8-15/h7-10,12-14,21,25H,5-6,11H2,1-4H3,(H,27,28). The minimum Gasteiger partial charge on any atom is -0.497 e. The van der Waals surface area contributed by atoms with Crippen LogP contribution in [0.2, 0.25) is 0 Å². The Balaban J connectivity index is 2.04. The van der Waals surface area contributed by atoms with Gasteiger partial charge >= 0.3 is 11.9 Å². The molecule has 0 aliphatic carbocycles. The highest BCUT2D eigenvalue weighted by molar-refractivity contribution is 5.79. The molecular formula is C23H28FNO6. The number of carbonyl (C=O) groups is 2. The molecule has 2 rings (SSSR count). The minimum absolute atomic E-state index is 0.220. The lowest BCUT2D eigenvalue weighted by Crippen LogP contribution is -2.24. The van der Waals surface area contributed by atoms with Gasteiger partial charge in [0.15, 0.2) is 6.04 Å². The molecule has 0 radical (unpaired) electrons. The predicted molar refractivity (Wildman–Crippen MR) is 114 cm³/mol. The Labute approximate surface area is 181 Å². The maximum atomic E-state index is 13.2. The summed E-state index contributed by atoms with van der Waals surface area (Å²) in [7, 11) is 1.49. The number of aliphatic carboxylic acids is 1. The second-order valence-electron chi connectivity index (χ2n) is 7.90. The molecule has 31 heavy (non-hydrogen) atoms. The van der Waals surface area contributed by atoms with E-state index < -0.39 is 23.4 Å². The normalized spacial score (nSPS) is 12.0. The van der Waals surface area contributed by atoms with Crippen molar-refractivity contribution in [3.05, 3.63) is 53.8 Å². The predicted octanol–water partition coefficient (Wildman–Crippen LogP) is 4.57. The van der Waals surface area contributed by atoms with E-state index in [-0.39, 0.29) is 19.0 Å². The zero-order chi connectivity index (χ0) is 23.0. The molecule has 0 aliphatic heterocycles. The summed E-state index contributed by atoms with van der Waals surface area (Å²) in [6.45, 7) is 5.69. The molecule has 0 spiro atoms. The van der Waals surface area contributed by atoms with E-state index in [1.165, 1.54) is 31.4 Å². The fourth-order valence-electron chi connectivity index (χ4n) is 2.76. The fraction of sp³-hybridized carbons (Fsp3) is 0.391. The van der Waals surface area contributed by atoms with E-state index in [9.17, 15) is 19.1 Å². The van der Waals surface area contributed by atoms with Gasteiger partial charge in [-0.1, -0.05) is 12.1 Å². The number of ether oxygens (including phenoxy) is 3. The number of carboxylic acid groups (broad SMARTS) is 1. The molecular weight excluding hydrogens is 405 g/mol. The van der Waals surface area contributed by atoms with Crippen molar-refractivity contribution in [3.63, 3.8) is 0 Å². The van der Waals surface area contributed by atoms with E-state index in [2.05, 4.69) is 5.32 Å². The zero-order valence-electron chi connectivity index (χ0n) is 18.1. The molecule has 168 valence electrons. The summed E-state index contributed by atoms with van der Waals surface area (Å²) in [5.41, 5.74) is 0.325. The highest BCUT2D eigenvalue weighted by Crippen LogP contribution is 2.29. The summed E-state index contributed by atoms with van der Waals surface area (Å²) >= 11 is 0. The van der Waals surface area contributed by atoms with Crippen LogP contribution >= 0.6 is 0 Å². The van der Waals surface area contributed by atoms with Crippen LogP contribution in [-0.2, 0) is 14.3 Å². The van der Waals surface area contributed by atoms with Crippen molar-refractivity contribution >= 4 is 17.6 Å². The van der Waals surface area contributed by atoms with Gasteiger partial charge in [0.2, 0.25) is 0 Å². The summed E-state index contributed by atoms with van der Waals surface area (Å²) in [6.07, 6.45) is 0.681. The summed E-state index contributed by atoms with van der Waals surface area (Å²) in [4.78, 5) is 23.5. The number of carbonyl (C=O) groups excluding carboxylic acids is 1. The molecule has 0 saturated heterocycles. The first-order valence-corrected chi connectivity index (χ1v) is 9.86. The lowest BCUT2D eigenvalue weighted by molar-refractivity contribution is -0.155. The Morgan fingerprint density at radius 1 is 1.10 bits per heavy atom. The average Bonchev–Trinajstić information content (AvgIpc) is 2.68. The van der Waals surface area contributed by atoms with Gasteiger partial charge in [0, 0.05) is 30.3 Å². The number of methoxy groups -OCH3 is 1. The molecule has 2 aromatic carbocycles. The number of rotatable bonds is 10. The summed E-state index contributed by atoms with van der Waals surface area (Å²) in [6, 6.07) is 9.07. The van der Waals surface area contributed by atoms with Gasteiger partial charge in [0.1, 0.15) is 22.9 Å². The van der Waals surface area contributed by atoms with Crippen molar-refractivity contribution in [1.82, 2.24) is 0 Å². The molecule has 0 fully saturated rings. The third-order valence-electron chi connectivity index (χ3n) is 4.09. The Hall–Kier alpha value is -3.29. The monoisotopic (exact) mass is 433 g/mol. The molecule has 7 nitrogen and oxygen atoms in total. The van der Waals surface area contributed by atoms with Gasteiger partial charge in [-0.3, -0.25) is 4.79 Å². The lowest BCUT2D eigenvalue weighted by Gasteiger charge is -2.19. The van der Waals surface area contributed by atoms with Gasteiger partial charge in [0.05, 0.1) is 13.7 Å². The van der Waals surface area contributed by atoms with Crippen LogP contribution in [-0.4, -0.2) is 36.4 Å². The third-order valence-corrected chi connectivity index (χ3v) is 4.09. The number of nitrogens with one attached hydrogen (secondary N) is 1. The number of hydrogen-bond acceptors (Lipinski definition) is 6. The summed E-state index contributed by atoms with van der Waals surface area (Å²) in [5, 5.41) is 12.5. The van der Waals surface area contributed by atoms with Crippen LogP contribution in [0.4, 0.5) is 10.1 Å². The largest absolute Gasteiger partial charge is 0.497 e. The summed E-state index contributed by atoms with van der Waals surface area (Å²) in [5.74, 6) is -0.942. The first kappa shape index (κ1) is 24.0. The van der Waals surface area contributed by atoms with E-state index in [4.69, 9.17) is 14.2 Å². The second kappa shape index (κ2) is 10.7. The molecule has 1 atom stereocenters. The Kier molecular flexibility index (Phi) is 8.24. The van der Waals surface area contributed by atoms with Gasteiger partial charge in [-0.15, -0.1) is 0 Å². The Morgan fingerprint density at radius 3 is 2.32 bits per heavy atom. The smallest absolute Gasteiger partial charge is 0.330 e. The fourth-order valence-corrected chi connectivity index (χ4v) is 2.76. The van der Waals surface area contributed by atoms with Gasteiger partial charge in [-0.05, 0) is 44.9 Å². The van der Waals surface area contributed by atoms with Gasteiger partial charge in [-0.25, -0.2) is 9.18 Å². The Bertz CT molecular complexity index is 892. The van der Waals surface area contributed by atoms with Crippen LogP contribution in [0.15, 0.2) is 42.5 Å². The Morgan fingerprint density at radius 2 is 1.74 bits per heavy atom. The van der Waals surface area contributed by atoms with Crippen LogP contribution in [0.1, 0.15) is 45.2 Å². The van der Waals surface area contributed by atoms with Crippen LogP contribution in [0, 0.1) is 5.82 Å². The van der Waals surface area contributed by atoms with E-state index >= 15 is 0 Å². The SMILES string of the molecule is COc1cc(NC(C(=O)O)c2ccc(F)cc2)cc(OCCCC(=O)OC(C)(C)C)c1. The van der Waals surface area contributed by atoms with Crippen molar-refractivity contribution < 1.29 is 33.3 Å². The van der Waals surface area contributed by atoms with Crippen LogP contribution in [0.25, 0.3) is 0 Å². The van der Waals surface area contributed by atoms with Gasteiger partial charge < -0.3 is 24.6 Å². The maximum Gasteiger partial charge on any atom is 0.330 e. The van der Waals surface area contributed by atoms with Gasteiger partial charge in [-0.2, -0.15) is 0 Å². The van der Waals surface area contributed by atoms with Crippen molar-refractivity contribution in [2.24, 2.45) is 0 Å². The lowest BCUT2D eigenvalue weighted by atomic mass is 10.1. The summed E-state index contributed by atoms with van der Waals surface area (Å²) < 4.78 is 29.4. The topological polar surface area (TPSA) is 94.1 Å². The molecule has 0 aliphatic rings. The molecule has 0 saturated carbocycles. The van der Waals surface area contributed by atoms with E-state index in [1.54, 1.807) is 18.2 Å². The molecule has 0 heterocycles. The van der Waals surface area contributed by atoms with Crippen molar-refractivity contribution in [3.8, 4) is 11.5 Å². The number of halogens is 1. The molecule has 2 N–H and O–H groups in total. The van der Waals surface area contributed by atoms with E-state index in [0.29, 0.717) is 29.2 Å². The quantitative estimate of drug-likeness (QED) is 0.419. The van der Waals surface area contributed by atoms with Crippen LogP contribution in [0.3, 0.4) is 0 Å². The van der Waals surface area contributed by atoms with Crippen molar-refractivity contribution in [2.75, 3.05) is 19.0 Å². The number of carboxylic acids is 1. The number of benzene rings is 2. The molecule has 2 aromatic rings. The first-order valence-electron chi connectivity index (χ1n) is 9.86. The number of anilines is 1. The second-order valence-corrected chi connectivity index (χ2v) is 7.90. The number of esters is 1. The first-order chi connectivity index (χ1) is 14.6. The highest BCUT2D eigenvalue weighted by Gasteiger charge is 2.20.